The monoisotopic (exact) mass is 404 g/mol. The maximum atomic E-state index is 12.5. The van der Waals surface area contributed by atoms with Gasteiger partial charge in [0.25, 0.3) is 0 Å². The zero-order chi connectivity index (χ0) is 20.5. The molecule has 1 fully saturated rings. The second kappa shape index (κ2) is 8.15. The van der Waals surface area contributed by atoms with Crippen molar-refractivity contribution >= 4 is 34.6 Å². The third-order valence-corrected chi connectivity index (χ3v) is 5.94. The van der Waals surface area contributed by atoms with Crippen molar-refractivity contribution in [3.8, 4) is 0 Å². The molecule has 0 saturated carbocycles. The first-order valence-electron chi connectivity index (χ1n) is 9.66. The Hall–Kier alpha value is -2.02. The molecule has 3 rings (SSSR count). The van der Waals surface area contributed by atoms with Gasteiger partial charge in [0.1, 0.15) is 5.60 Å². The van der Waals surface area contributed by atoms with E-state index in [-0.39, 0.29) is 23.0 Å². The summed E-state index contributed by atoms with van der Waals surface area (Å²) in [6.45, 7) is 8.90. The summed E-state index contributed by atoms with van der Waals surface area (Å²) in [4.78, 5) is 39.6. The lowest BCUT2D eigenvalue weighted by atomic mass is 9.99. The Morgan fingerprint density at radius 2 is 2.00 bits per heavy atom. The van der Waals surface area contributed by atoms with Crippen molar-refractivity contribution in [1.29, 1.82) is 0 Å². The lowest BCUT2D eigenvalue weighted by molar-refractivity contribution is -0.117. The lowest BCUT2D eigenvalue weighted by Gasteiger charge is -2.32. The number of anilines is 1. The number of hydrogen-bond acceptors (Lipinski definition) is 5. The van der Waals surface area contributed by atoms with Crippen molar-refractivity contribution in [1.82, 2.24) is 4.90 Å². The molecule has 2 aliphatic rings. The Balaban J connectivity index is 1.70. The molecule has 2 aliphatic heterocycles. The van der Waals surface area contributed by atoms with E-state index in [2.05, 4.69) is 6.07 Å². The molecule has 0 aromatic heterocycles. The van der Waals surface area contributed by atoms with Crippen LogP contribution >= 0.6 is 11.8 Å². The Morgan fingerprint density at radius 3 is 2.68 bits per heavy atom. The van der Waals surface area contributed by atoms with Gasteiger partial charge in [0, 0.05) is 44.4 Å². The third-order valence-electron chi connectivity index (χ3n) is 4.89. The Labute approximate surface area is 170 Å². The van der Waals surface area contributed by atoms with Gasteiger partial charge in [-0.05, 0) is 56.4 Å². The second-order valence-electron chi connectivity index (χ2n) is 8.48. The predicted octanol–water partition coefficient (Wildman–Crippen LogP) is 3.61. The molecule has 0 radical (unpaired) electrons. The summed E-state index contributed by atoms with van der Waals surface area (Å²) in [7, 11) is 0. The number of ether oxygens (including phenoxy) is 1. The van der Waals surface area contributed by atoms with Crippen LogP contribution in [0.3, 0.4) is 0 Å². The molecular weight excluding hydrogens is 376 g/mol. The minimum atomic E-state index is -0.520. The standard InChI is InChI=1S/C21H28N2O4S/c1-14(24)28-13-15-9-19(25)23(11-15)18-6-5-16-7-8-22(12-17(16)10-18)20(26)27-21(2,3)4/h5-6,10,15H,7-9,11-13H2,1-4H3. The molecular formula is C21H28N2O4S. The van der Waals surface area contributed by atoms with Crippen molar-refractivity contribution in [2.24, 2.45) is 5.92 Å². The quantitative estimate of drug-likeness (QED) is 0.770. The van der Waals surface area contributed by atoms with Crippen LogP contribution in [0, 0.1) is 5.92 Å². The van der Waals surface area contributed by atoms with Crippen LogP contribution in [0.4, 0.5) is 10.5 Å². The highest BCUT2D eigenvalue weighted by Crippen LogP contribution is 2.31. The average Bonchev–Trinajstić information content (AvgIpc) is 2.98. The van der Waals surface area contributed by atoms with Crippen LogP contribution in [-0.2, 0) is 27.3 Å². The van der Waals surface area contributed by atoms with Crippen molar-refractivity contribution < 1.29 is 19.1 Å². The molecule has 0 aliphatic carbocycles. The SMILES string of the molecule is CC(=O)SCC1CC(=O)N(c2ccc3c(c2)CN(C(=O)OC(C)(C)C)CC3)C1. The third kappa shape index (κ3) is 5.07. The fourth-order valence-electron chi connectivity index (χ4n) is 3.57. The lowest BCUT2D eigenvalue weighted by Crippen LogP contribution is -2.40. The first-order valence-corrected chi connectivity index (χ1v) is 10.6. The van der Waals surface area contributed by atoms with E-state index in [4.69, 9.17) is 4.74 Å². The summed E-state index contributed by atoms with van der Waals surface area (Å²) in [6.07, 6.45) is 0.948. The summed E-state index contributed by atoms with van der Waals surface area (Å²) in [5.74, 6) is 0.958. The van der Waals surface area contributed by atoms with Gasteiger partial charge in [-0.15, -0.1) is 0 Å². The van der Waals surface area contributed by atoms with Gasteiger partial charge < -0.3 is 14.5 Å². The van der Waals surface area contributed by atoms with E-state index in [0.29, 0.717) is 31.8 Å². The van der Waals surface area contributed by atoms with Gasteiger partial charge in [0.05, 0.1) is 0 Å². The fraction of sp³-hybridized carbons (Fsp3) is 0.571. The topological polar surface area (TPSA) is 66.9 Å². The van der Waals surface area contributed by atoms with Gasteiger partial charge >= 0.3 is 6.09 Å². The van der Waals surface area contributed by atoms with Crippen LogP contribution in [0.25, 0.3) is 0 Å². The first-order chi connectivity index (χ1) is 13.1. The minimum absolute atomic E-state index is 0.0851. The number of nitrogens with zero attached hydrogens (tertiary/aromatic N) is 2. The second-order valence-corrected chi connectivity index (χ2v) is 9.68. The molecule has 28 heavy (non-hydrogen) atoms. The number of carbonyl (C=O) groups excluding carboxylic acids is 3. The predicted molar refractivity (Wildman–Crippen MR) is 110 cm³/mol. The summed E-state index contributed by atoms with van der Waals surface area (Å²) >= 11 is 1.28. The van der Waals surface area contributed by atoms with E-state index < -0.39 is 5.60 Å². The molecule has 1 saturated heterocycles. The first kappa shape index (κ1) is 20.7. The molecule has 0 N–H and O–H groups in total. The van der Waals surface area contributed by atoms with Gasteiger partial charge in [-0.2, -0.15) is 0 Å². The number of hydrogen-bond donors (Lipinski definition) is 0. The molecule has 7 heteroatoms. The van der Waals surface area contributed by atoms with Crippen LogP contribution in [0.5, 0.6) is 0 Å². The highest BCUT2D eigenvalue weighted by Gasteiger charge is 2.32. The average molecular weight is 405 g/mol. The van der Waals surface area contributed by atoms with Gasteiger partial charge in [-0.1, -0.05) is 17.8 Å². The van der Waals surface area contributed by atoms with Crippen LogP contribution in [0.15, 0.2) is 18.2 Å². The summed E-state index contributed by atoms with van der Waals surface area (Å²) in [5, 5.41) is 0.0851. The molecule has 1 unspecified atom stereocenters. The minimum Gasteiger partial charge on any atom is -0.444 e. The molecule has 152 valence electrons. The van der Waals surface area contributed by atoms with Gasteiger partial charge in [0.15, 0.2) is 5.12 Å². The van der Waals surface area contributed by atoms with Crippen LogP contribution in [0.2, 0.25) is 0 Å². The van der Waals surface area contributed by atoms with Crippen LogP contribution in [0.1, 0.15) is 45.2 Å². The number of thioether (sulfide) groups is 1. The zero-order valence-electron chi connectivity index (χ0n) is 17.0. The maximum absolute atomic E-state index is 12.5. The molecule has 1 aromatic carbocycles. The van der Waals surface area contributed by atoms with Crippen LogP contribution in [-0.4, -0.2) is 46.5 Å². The Kier molecular flexibility index (Phi) is 6.03. The molecule has 2 amide bonds. The van der Waals surface area contributed by atoms with Gasteiger partial charge in [-0.25, -0.2) is 4.79 Å². The van der Waals surface area contributed by atoms with Crippen molar-refractivity contribution in [3.05, 3.63) is 29.3 Å². The van der Waals surface area contributed by atoms with Gasteiger partial charge in [0.2, 0.25) is 5.91 Å². The molecule has 2 heterocycles. The molecule has 0 spiro atoms. The highest BCUT2D eigenvalue weighted by molar-refractivity contribution is 8.13. The number of benzene rings is 1. The van der Waals surface area contributed by atoms with E-state index in [1.54, 1.807) is 16.7 Å². The molecule has 1 atom stereocenters. The Bertz CT molecular complexity index is 787. The number of fused-ring (bicyclic) bond motifs is 1. The molecule has 0 bridgehead atoms. The molecule has 6 nitrogen and oxygen atoms in total. The highest BCUT2D eigenvalue weighted by atomic mass is 32.2. The Morgan fingerprint density at radius 1 is 1.25 bits per heavy atom. The van der Waals surface area contributed by atoms with Crippen molar-refractivity contribution in [3.63, 3.8) is 0 Å². The van der Waals surface area contributed by atoms with E-state index in [1.807, 2.05) is 32.9 Å². The summed E-state index contributed by atoms with van der Waals surface area (Å²) < 4.78 is 5.49. The van der Waals surface area contributed by atoms with E-state index in [0.717, 1.165) is 17.7 Å². The number of rotatable bonds is 3. The zero-order valence-corrected chi connectivity index (χ0v) is 17.8. The normalized spacial score (nSPS) is 19.6. The molecule has 1 aromatic rings. The number of amides is 2. The van der Waals surface area contributed by atoms with Crippen LogP contribution < -0.4 is 4.90 Å². The van der Waals surface area contributed by atoms with E-state index in [1.165, 1.54) is 17.3 Å². The van der Waals surface area contributed by atoms with Crippen molar-refractivity contribution in [2.45, 2.75) is 52.7 Å². The van der Waals surface area contributed by atoms with E-state index >= 15 is 0 Å². The summed E-state index contributed by atoms with van der Waals surface area (Å²) in [5.41, 5.74) is 2.61. The number of carbonyl (C=O) groups is 3. The fourth-order valence-corrected chi connectivity index (χ4v) is 4.27. The van der Waals surface area contributed by atoms with Crippen molar-refractivity contribution in [2.75, 3.05) is 23.7 Å². The largest absolute Gasteiger partial charge is 0.444 e. The van der Waals surface area contributed by atoms with E-state index in [9.17, 15) is 14.4 Å². The summed E-state index contributed by atoms with van der Waals surface area (Å²) in [6, 6.07) is 6.06. The smallest absolute Gasteiger partial charge is 0.410 e. The van der Waals surface area contributed by atoms with Gasteiger partial charge in [-0.3, -0.25) is 9.59 Å². The maximum Gasteiger partial charge on any atom is 0.410 e.